The molecule has 0 heterocycles. The normalized spacial score (nSPS) is 12.0. The lowest BCUT2D eigenvalue weighted by Crippen LogP contribution is -2.33. The van der Waals surface area contributed by atoms with Gasteiger partial charge in [0.25, 0.3) is 5.69 Å². The number of nitro benzene ring substituents is 1. The van der Waals surface area contributed by atoms with Gasteiger partial charge in [-0.2, -0.15) is 0 Å². The summed E-state index contributed by atoms with van der Waals surface area (Å²) in [6.07, 6.45) is 3.21. The van der Waals surface area contributed by atoms with E-state index in [0.717, 1.165) is 37.2 Å². The Bertz CT molecular complexity index is 449. The lowest BCUT2D eigenvalue weighted by atomic mass is 10.1. The van der Waals surface area contributed by atoms with Crippen LogP contribution in [0.1, 0.15) is 40.0 Å². The first-order valence-corrected chi connectivity index (χ1v) is 7.27. The summed E-state index contributed by atoms with van der Waals surface area (Å²) in [5.41, 5.74) is 1.84. The summed E-state index contributed by atoms with van der Waals surface area (Å²) in [5.74, 6) is 0. The van der Waals surface area contributed by atoms with Crippen LogP contribution in [0, 0.1) is 10.1 Å². The van der Waals surface area contributed by atoms with Crippen LogP contribution >= 0.6 is 0 Å². The van der Waals surface area contributed by atoms with Crippen molar-refractivity contribution in [2.45, 2.75) is 46.1 Å². The molecule has 20 heavy (non-hydrogen) atoms. The standard InChI is InChI=1S/C15H25N3O2/c1-5-7-8-17(12(3)6-2)14-9-13(16-4)10-15(11-14)18(19)20/h9-12,16H,5-8H2,1-4H3. The Morgan fingerprint density at radius 1 is 1.35 bits per heavy atom. The Morgan fingerprint density at radius 2 is 2.05 bits per heavy atom. The second-order valence-electron chi connectivity index (χ2n) is 5.05. The van der Waals surface area contributed by atoms with Crippen LogP contribution in [0.3, 0.4) is 0 Å². The molecule has 0 aromatic heterocycles. The number of benzene rings is 1. The van der Waals surface area contributed by atoms with Crippen molar-refractivity contribution >= 4 is 17.1 Å². The zero-order chi connectivity index (χ0) is 15.1. The van der Waals surface area contributed by atoms with Crippen molar-refractivity contribution in [3.05, 3.63) is 28.3 Å². The first-order chi connectivity index (χ1) is 9.53. The third-order valence-electron chi connectivity index (χ3n) is 3.61. The minimum atomic E-state index is -0.334. The molecule has 5 heteroatoms. The predicted octanol–water partition coefficient (Wildman–Crippen LogP) is 4.04. The maximum atomic E-state index is 11.1. The van der Waals surface area contributed by atoms with Crippen molar-refractivity contribution in [2.24, 2.45) is 0 Å². The predicted molar refractivity (Wildman–Crippen MR) is 84.7 cm³/mol. The molecule has 1 unspecified atom stereocenters. The number of nitro groups is 1. The lowest BCUT2D eigenvalue weighted by molar-refractivity contribution is -0.384. The molecule has 1 N–H and O–H groups in total. The Morgan fingerprint density at radius 3 is 2.55 bits per heavy atom. The summed E-state index contributed by atoms with van der Waals surface area (Å²) in [6, 6.07) is 5.59. The molecule has 0 fully saturated rings. The molecule has 0 saturated carbocycles. The van der Waals surface area contributed by atoms with Gasteiger partial charge in [-0.25, -0.2) is 0 Å². The molecule has 1 rings (SSSR count). The first-order valence-electron chi connectivity index (χ1n) is 7.27. The van der Waals surface area contributed by atoms with Gasteiger partial charge in [0.05, 0.1) is 4.92 Å². The van der Waals surface area contributed by atoms with Crippen molar-refractivity contribution < 1.29 is 4.92 Å². The number of rotatable bonds is 8. The number of nitrogens with one attached hydrogen (secondary N) is 1. The van der Waals surface area contributed by atoms with Gasteiger partial charge >= 0.3 is 0 Å². The van der Waals surface area contributed by atoms with Gasteiger partial charge in [-0.15, -0.1) is 0 Å². The molecule has 5 nitrogen and oxygen atoms in total. The van der Waals surface area contributed by atoms with Crippen molar-refractivity contribution in [3.63, 3.8) is 0 Å². The Labute approximate surface area is 121 Å². The number of unbranched alkanes of at least 4 members (excludes halogenated alkanes) is 1. The molecule has 0 spiro atoms. The second kappa shape index (κ2) is 7.72. The Kier molecular flexibility index (Phi) is 6.28. The van der Waals surface area contributed by atoms with Crippen LogP contribution < -0.4 is 10.2 Å². The maximum Gasteiger partial charge on any atom is 0.273 e. The van der Waals surface area contributed by atoms with Crippen molar-refractivity contribution in [3.8, 4) is 0 Å². The Hall–Kier alpha value is -1.78. The van der Waals surface area contributed by atoms with E-state index in [4.69, 9.17) is 0 Å². The minimum Gasteiger partial charge on any atom is -0.388 e. The average molecular weight is 279 g/mol. The van der Waals surface area contributed by atoms with Crippen LogP contribution in [0.25, 0.3) is 0 Å². The Balaban J connectivity index is 3.16. The summed E-state index contributed by atoms with van der Waals surface area (Å²) in [6.45, 7) is 7.38. The smallest absolute Gasteiger partial charge is 0.273 e. The molecule has 1 atom stereocenters. The average Bonchev–Trinajstić information content (AvgIpc) is 2.46. The van der Waals surface area contributed by atoms with Crippen LogP contribution in [0.2, 0.25) is 0 Å². The SMILES string of the molecule is CCCCN(c1cc(NC)cc([N+](=O)[O-])c1)C(C)CC. The second-order valence-corrected chi connectivity index (χ2v) is 5.05. The van der Waals surface area contributed by atoms with Gasteiger partial charge < -0.3 is 10.2 Å². The summed E-state index contributed by atoms with van der Waals surface area (Å²) in [4.78, 5) is 13.0. The molecular formula is C15H25N3O2. The van der Waals surface area contributed by atoms with Crippen molar-refractivity contribution in [1.29, 1.82) is 0 Å². The molecule has 1 aromatic rings. The van der Waals surface area contributed by atoms with E-state index in [-0.39, 0.29) is 10.6 Å². The largest absolute Gasteiger partial charge is 0.388 e. The van der Waals surface area contributed by atoms with Crippen LogP contribution in [-0.2, 0) is 0 Å². The monoisotopic (exact) mass is 279 g/mol. The molecule has 0 aliphatic heterocycles. The topological polar surface area (TPSA) is 58.4 Å². The highest BCUT2D eigenvalue weighted by Gasteiger charge is 2.17. The van der Waals surface area contributed by atoms with Gasteiger partial charge in [0.2, 0.25) is 0 Å². The fraction of sp³-hybridized carbons (Fsp3) is 0.600. The maximum absolute atomic E-state index is 11.1. The number of non-ortho nitro benzene ring substituents is 1. The fourth-order valence-corrected chi connectivity index (χ4v) is 2.16. The molecule has 1 aromatic carbocycles. The molecule has 0 radical (unpaired) electrons. The summed E-state index contributed by atoms with van der Waals surface area (Å²) < 4.78 is 0. The molecule has 112 valence electrons. The van der Waals surface area contributed by atoms with E-state index >= 15 is 0 Å². The number of hydrogen-bond acceptors (Lipinski definition) is 4. The van der Waals surface area contributed by atoms with Crippen LogP contribution in [-0.4, -0.2) is 24.6 Å². The van der Waals surface area contributed by atoms with E-state index < -0.39 is 0 Å². The quantitative estimate of drug-likeness (QED) is 0.576. The number of nitrogens with zero attached hydrogens (tertiary/aromatic N) is 2. The molecule has 0 bridgehead atoms. The fourth-order valence-electron chi connectivity index (χ4n) is 2.16. The van der Waals surface area contributed by atoms with E-state index in [9.17, 15) is 10.1 Å². The molecule has 0 aliphatic carbocycles. The van der Waals surface area contributed by atoms with Crippen LogP contribution in [0.5, 0.6) is 0 Å². The van der Waals surface area contributed by atoms with Gasteiger partial charge in [-0.05, 0) is 25.8 Å². The third kappa shape index (κ3) is 4.11. The van der Waals surface area contributed by atoms with Gasteiger partial charge in [-0.3, -0.25) is 10.1 Å². The summed E-state index contributed by atoms with van der Waals surface area (Å²) in [5, 5.41) is 14.1. The van der Waals surface area contributed by atoms with Gasteiger partial charge in [0, 0.05) is 43.1 Å². The zero-order valence-corrected chi connectivity index (χ0v) is 12.8. The highest BCUT2D eigenvalue weighted by atomic mass is 16.6. The highest BCUT2D eigenvalue weighted by Crippen LogP contribution is 2.29. The summed E-state index contributed by atoms with van der Waals surface area (Å²) >= 11 is 0. The zero-order valence-electron chi connectivity index (χ0n) is 12.8. The molecule has 0 saturated heterocycles. The van der Waals surface area contributed by atoms with Crippen molar-refractivity contribution in [2.75, 3.05) is 23.8 Å². The summed E-state index contributed by atoms with van der Waals surface area (Å²) in [7, 11) is 1.78. The van der Waals surface area contributed by atoms with Crippen molar-refractivity contribution in [1.82, 2.24) is 0 Å². The highest BCUT2D eigenvalue weighted by molar-refractivity contribution is 5.64. The van der Waals surface area contributed by atoms with Gasteiger partial charge in [-0.1, -0.05) is 20.3 Å². The number of hydrogen-bond donors (Lipinski definition) is 1. The third-order valence-corrected chi connectivity index (χ3v) is 3.61. The van der Waals surface area contributed by atoms with E-state index in [2.05, 4.69) is 31.0 Å². The van der Waals surface area contributed by atoms with Gasteiger partial charge in [0.1, 0.15) is 0 Å². The molecular weight excluding hydrogens is 254 g/mol. The minimum absolute atomic E-state index is 0.136. The molecule has 0 amide bonds. The molecule has 0 aliphatic rings. The van der Waals surface area contributed by atoms with Crippen LogP contribution in [0.4, 0.5) is 17.1 Å². The van der Waals surface area contributed by atoms with E-state index in [1.54, 1.807) is 19.2 Å². The first kappa shape index (κ1) is 16.3. The number of anilines is 2. The van der Waals surface area contributed by atoms with Crippen LogP contribution in [0.15, 0.2) is 18.2 Å². The van der Waals surface area contributed by atoms with E-state index in [0.29, 0.717) is 6.04 Å². The van der Waals surface area contributed by atoms with E-state index in [1.807, 2.05) is 6.07 Å². The lowest BCUT2D eigenvalue weighted by Gasteiger charge is -2.31. The van der Waals surface area contributed by atoms with Gasteiger partial charge in [0.15, 0.2) is 0 Å². The van der Waals surface area contributed by atoms with E-state index in [1.165, 1.54) is 0 Å².